The molecule has 4 nitrogen and oxygen atoms in total. The molecule has 0 spiro atoms. The van der Waals surface area contributed by atoms with Crippen LogP contribution >= 0.6 is 11.3 Å². The number of hydrogen-bond donors (Lipinski definition) is 1. The van der Waals surface area contributed by atoms with E-state index in [2.05, 4.69) is 21.7 Å². The lowest BCUT2D eigenvalue weighted by molar-refractivity contribution is 0.196. The molecule has 0 aliphatic carbocycles. The summed E-state index contributed by atoms with van der Waals surface area (Å²) in [5.41, 5.74) is 0. The van der Waals surface area contributed by atoms with Crippen LogP contribution in [0.25, 0.3) is 0 Å². The van der Waals surface area contributed by atoms with Crippen molar-refractivity contribution >= 4 is 11.3 Å². The summed E-state index contributed by atoms with van der Waals surface area (Å²) in [4.78, 5) is 10.5. The van der Waals surface area contributed by atoms with Gasteiger partial charge >= 0.3 is 0 Å². The fourth-order valence-corrected chi connectivity index (χ4v) is 3.08. The summed E-state index contributed by atoms with van der Waals surface area (Å²) < 4.78 is 0. The molecule has 1 saturated heterocycles. The van der Waals surface area contributed by atoms with Crippen LogP contribution in [-0.4, -0.2) is 59.2 Å². The number of aryl methyl sites for hydroxylation is 1. The molecule has 0 atom stereocenters. The Hall–Kier alpha value is -0.490. The van der Waals surface area contributed by atoms with Crippen LogP contribution < -0.4 is 0 Å². The second-order valence-electron chi connectivity index (χ2n) is 4.54. The second-order valence-corrected chi connectivity index (χ2v) is 5.86. The SMILES string of the molecule is Cc1ncc(CN2CCCN(CCO)CC2)s1. The zero-order valence-electron chi connectivity index (χ0n) is 10.4. The van der Waals surface area contributed by atoms with Crippen molar-refractivity contribution in [3.05, 3.63) is 16.1 Å². The van der Waals surface area contributed by atoms with E-state index in [-0.39, 0.29) is 6.61 Å². The molecule has 17 heavy (non-hydrogen) atoms. The third-order valence-electron chi connectivity index (χ3n) is 3.15. The molecule has 0 aromatic carbocycles. The van der Waals surface area contributed by atoms with Gasteiger partial charge in [-0.25, -0.2) is 4.98 Å². The highest BCUT2D eigenvalue weighted by molar-refractivity contribution is 7.11. The Balaban J connectivity index is 1.82. The average Bonchev–Trinajstić information content (AvgIpc) is 2.58. The molecule has 1 aliphatic heterocycles. The van der Waals surface area contributed by atoms with Gasteiger partial charge in [0.05, 0.1) is 11.6 Å². The van der Waals surface area contributed by atoms with Crippen LogP contribution in [0, 0.1) is 6.92 Å². The Morgan fingerprint density at radius 1 is 1.29 bits per heavy atom. The fourth-order valence-electron chi connectivity index (χ4n) is 2.25. The van der Waals surface area contributed by atoms with Gasteiger partial charge in [-0.3, -0.25) is 9.80 Å². The first-order chi connectivity index (χ1) is 8.28. The van der Waals surface area contributed by atoms with Gasteiger partial charge in [0.25, 0.3) is 0 Å². The summed E-state index contributed by atoms with van der Waals surface area (Å²) in [7, 11) is 0. The average molecular weight is 255 g/mol. The van der Waals surface area contributed by atoms with Gasteiger partial charge in [0.15, 0.2) is 0 Å². The van der Waals surface area contributed by atoms with Crippen LogP contribution in [0.3, 0.4) is 0 Å². The number of rotatable bonds is 4. The first-order valence-electron chi connectivity index (χ1n) is 6.25. The number of aromatic nitrogens is 1. The highest BCUT2D eigenvalue weighted by Gasteiger charge is 2.15. The minimum absolute atomic E-state index is 0.272. The fraction of sp³-hybridized carbons (Fsp3) is 0.750. The predicted molar refractivity (Wildman–Crippen MR) is 70.3 cm³/mol. The second kappa shape index (κ2) is 6.44. The van der Waals surface area contributed by atoms with Crippen molar-refractivity contribution in [2.75, 3.05) is 39.3 Å². The van der Waals surface area contributed by atoms with Crippen molar-refractivity contribution in [1.82, 2.24) is 14.8 Å². The molecule has 1 aromatic heterocycles. The molecule has 0 saturated carbocycles. The van der Waals surface area contributed by atoms with Crippen molar-refractivity contribution in [2.24, 2.45) is 0 Å². The van der Waals surface area contributed by atoms with Crippen molar-refractivity contribution in [3.8, 4) is 0 Å². The molecule has 5 heteroatoms. The molecule has 1 aromatic rings. The lowest BCUT2D eigenvalue weighted by Crippen LogP contribution is -2.32. The monoisotopic (exact) mass is 255 g/mol. The summed E-state index contributed by atoms with van der Waals surface area (Å²) in [6.45, 7) is 8.59. The van der Waals surface area contributed by atoms with Crippen LogP contribution in [-0.2, 0) is 6.54 Å². The maximum Gasteiger partial charge on any atom is 0.0897 e. The number of hydrogen-bond acceptors (Lipinski definition) is 5. The summed E-state index contributed by atoms with van der Waals surface area (Å²) in [6, 6.07) is 0. The van der Waals surface area contributed by atoms with E-state index >= 15 is 0 Å². The highest BCUT2D eigenvalue weighted by Crippen LogP contribution is 2.15. The molecule has 2 heterocycles. The molecule has 0 amide bonds. The van der Waals surface area contributed by atoms with E-state index in [1.165, 1.54) is 11.3 Å². The number of thiazole rings is 1. The van der Waals surface area contributed by atoms with E-state index in [4.69, 9.17) is 5.11 Å². The molecule has 1 fully saturated rings. The number of β-amino-alcohol motifs (C(OH)–C–C–N with tert-alkyl or cyclic N) is 1. The third-order valence-corrected chi connectivity index (χ3v) is 4.04. The normalized spacial score (nSPS) is 19.4. The van der Waals surface area contributed by atoms with Crippen LogP contribution in [0.2, 0.25) is 0 Å². The lowest BCUT2D eigenvalue weighted by atomic mass is 10.3. The zero-order chi connectivity index (χ0) is 12.1. The van der Waals surface area contributed by atoms with E-state index < -0.39 is 0 Å². The summed E-state index contributed by atoms with van der Waals surface area (Å²) in [6.07, 6.45) is 3.19. The van der Waals surface area contributed by atoms with E-state index in [9.17, 15) is 0 Å². The highest BCUT2D eigenvalue weighted by atomic mass is 32.1. The van der Waals surface area contributed by atoms with Gasteiger partial charge in [0, 0.05) is 37.3 Å². The first-order valence-corrected chi connectivity index (χ1v) is 7.06. The number of aliphatic hydroxyl groups is 1. The Bertz CT molecular complexity index is 342. The Labute approximate surface area is 107 Å². The van der Waals surface area contributed by atoms with E-state index in [1.807, 2.05) is 6.20 Å². The maximum atomic E-state index is 8.95. The Morgan fingerprint density at radius 3 is 2.76 bits per heavy atom. The largest absolute Gasteiger partial charge is 0.395 e. The van der Waals surface area contributed by atoms with Crippen molar-refractivity contribution in [1.29, 1.82) is 0 Å². The topological polar surface area (TPSA) is 39.6 Å². The molecule has 0 unspecified atom stereocenters. The van der Waals surface area contributed by atoms with Gasteiger partial charge in [-0.2, -0.15) is 0 Å². The molecule has 0 bridgehead atoms. The van der Waals surface area contributed by atoms with Crippen LogP contribution in [0.1, 0.15) is 16.3 Å². The Kier molecular flexibility index (Phi) is 4.91. The summed E-state index contributed by atoms with van der Waals surface area (Å²) in [5, 5.41) is 10.1. The van der Waals surface area contributed by atoms with Gasteiger partial charge < -0.3 is 5.11 Å². The maximum absolute atomic E-state index is 8.95. The summed E-state index contributed by atoms with van der Waals surface area (Å²) in [5.74, 6) is 0. The number of nitrogens with zero attached hydrogens (tertiary/aromatic N) is 3. The van der Waals surface area contributed by atoms with E-state index in [0.717, 1.165) is 44.3 Å². The van der Waals surface area contributed by atoms with Crippen LogP contribution in [0.15, 0.2) is 6.20 Å². The van der Waals surface area contributed by atoms with Crippen molar-refractivity contribution < 1.29 is 5.11 Å². The molecule has 96 valence electrons. The minimum Gasteiger partial charge on any atom is -0.395 e. The quantitative estimate of drug-likeness (QED) is 0.869. The molecular formula is C12H21N3OS. The predicted octanol–water partition coefficient (Wildman–Crippen LogP) is 0.952. The van der Waals surface area contributed by atoms with E-state index in [0.29, 0.717) is 0 Å². The molecular weight excluding hydrogens is 234 g/mol. The van der Waals surface area contributed by atoms with Gasteiger partial charge in [0.2, 0.25) is 0 Å². The van der Waals surface area contributed by atoms with Crippen molar-refractivity contribution in [3.63, 3.8) is 0 Å². The molecule has 2 rings (SSSR count). The third kappa shape index (κ3) is 4.03. The Morgan fingerprint density at radius 2 is 2.06 bits per heavy atom. The van der Waals surface area contributed by atoms with Gasteiger partial charge in [-0.1, -0.05) is 0 Å². The molecule has 1 aliphatic rings. The summed E-state index contributed by atoms with van der Waals surface area (Å²) >= 11 is 1.79. The van der Waals surface area contributed by atoms with Gasteiger partial charge in [-0.05, 0) is 26.4 Å². The minimum atomic E-state index is 0.272. The number of aliphatic hydroxyl groups excluding tert-OH is 1. The van der Waals surface area contributed by atoms with Gasteiger partial charge in [-0.15, -0.1) is 11.3 Å². The molecule has 0 radical (unpaired) electrons. The van der Waals surface area contributed by atoms with Gasteiger partial charge in [0.1, 0.15) is 0 Å². The van der Waals surface area contributed by atoms with Crippen LogP contribution in [0.5, 0.6) is 0 Å². The first kappa shape index (κ1) is 13.0. The standard InChI is InChI=1S/C12H21N3OS/c1-11-13-9-12(17-11)10-15-4-2-3-14(5-6-15)7-8-16/h9,16H,2-8,10H2,1H3. The van der Waals surface area contributed by atoms with Crippen LogP contribution in [0.4, 0.5) is 0 Å². The smallest absolute Gasteiger partial charge is 0.0897 e. The van der Waals surface area contributed by atoms with Crippen molar-refractivity contribution in [2.45, 2.75) is 19.9 Å². The van der Waals surface area contributed by atoms with E-state index in [1.54, 1.807) is 11.3 Å². The zero-order valence-corrected chi connectivity index (χ0v) is 11.2. The molecule has 1 N–H and O–H groups in total. The lowest BCUT2D eigenvalue weighted by Gasteiger charge is -2.20.